The molecule has 3 aromatic carbocycles. The lowest BCUT2D eigenvalue weighted by molar-refractivity contribution is -0.139. The summed E-state index contributed by atoms with van der Waals surface area (Å²) in [6.07, 6.45) is 0. The molecule has 0 bridgehead atoms. The lowest BCUT2D eigenvalue weighted by Gasteiger charge is -2.32. The Hall–Kier alpha value is -3.36. The van der Waals surface area contributed by atoms with E-state index in [4.69, 9.17) is 11.6 Å². The van der Waals surface area contributed by atoms with Crippen molar-refractivity contribution in [1.29, 1.82) is 0 Å². The molecule has 9 heteroatoms. The number of sulfonamides is 1. The highest BCUT2D eigenvalue weighted by atomic mass is 35.5. The fourth-order valence-electron chi connectivity index (χ4n) is 3.97. The molecule has 2 amide bonds. The van der Waals surface area contributed by atoms with Crippen molar-refractivity contribution in [3.63, 3.8) is 0 Å². The number of nitrogens with one attached hydrogen (secondary N) is 1. The summed E-state index contributed by atoms with van der Waals surface area (Å²) in [5, 5.41) is 3.39. The van der Waals surface area contributed by atoms with E-state index in [0.29, 0.717) is 16.3 Å². The molecule has 0 fully saturated rings. The molecule has 0 aromatic heterocycles. The Morgan fingerprint density at radius 1 is 0.895 bits per heavy atom. The largest absolute Gasteiger partial charge is 0.352 e. The molecule has 3 rings (SSSR count). The second-order valence-electron chi connectivity index (χ2n) is 9.60. The zero-order valence-electron chi connectivity index (χ0n) is 22.3. The summed E-state index contributed by atoms with van der Waals surface area (Å²) in [6.45, 7) is 8.61. The standard InChI is InChI=1S/C29H34ClN3O4S/c1-20(2)31-29(35)23(5)32(18-24-12-14-25(30)15-13-24)28(34)19-33(27-9-7-6-8-22(27)4)38(36,37)26-16-10-21(3)11-17-26/h6-17,20,23H,18-19H2,1-5H3,(H,31,35)/t23-/m1/s1. The first kappa shape index (κ1) is 29.2. The van der Waals surface area contributed by atoms with E-state index < -0.39 is 28.5 Å². The number of aryl methyl sites for hydroxylation is 2. The van der Waals surface area contributed by atoms with E-state index in [0.717, 1.165) is 15.4 Å². The van der Waals surface area contributed by atoms with Gasteiger partial charge in [0.25, 0.3) is 10.0 Å². The number of para-hydroxylation sites is 1. The summed E-state index contributed by atoms with van der Waals surface area (Å²) in [7, 11) is -4.10. The second kappa shape index (κ2) is 12.5. The van der Waals surface area contributed by atoms with Crippen molar-refractivity contribution in [2.75, 3.05) is 10.8 Å². The van der Waals surface area contributed by atoms with Crippen LogP contribution >= 0.6 is 11.6 Å². The van der Waals surface area contributed by atoms with Crippen LogP contribution in [0, 0.1) is 13.8 Å². The molecule has 0 radical (unpaired) electrons. The summed E-state index contributed by atoms with van der Waals surface area (Å²) in [5.41, 5.74) is 2.77. The van der Waals surface area contributed by atoms with Crippen molar-refractivity contribution in [1.82, 2.24) is 10.2 Å². The van der Waals surface area contributed by atoms with Crippen LogP contribution < -0.4 is 9.62 Å². The van der Waals surface area contributed by atoms with Gasteiger partial charge < -0.3 is 10.2 Å². The van der Waals surface area contributed by atoms with Gasteiger partial charge in [-0.1, -0.05) is 59.6 Å². The topological polar surface area (TPSA) is 86.8 Å². The Bertz CT molecular complexity index is 1370. The molecule has 3 aromatic rings. The Labute approximate surface area is 230 Å². The summed E-state index contributed by atoms with van der Waals surface area (Å²) in [5.74, 6) is -0.837. The molecule has 1 atom stereocenters. The average Bonchev–Trinajstić information content (AvgIpc) is 2.86. The normalized spacial score (nSPS) is 12.2. The minimum absolute atomic E-state index is 0.0778. The monoisotopic (exact) mass is 555 g/mol. The number of benzene rings is 3. The molecule has 0 saturated heterocycles. The van der Waals surface area contributed by atoms with Crippen molar-refractivity contribution in [2.24, 2.45) is 0 Å². The summed E-state index contributed by atoms with van der Waals surface area (Å²) in [6, 6.07) is 19.5. The predicted octanol–water partition coefficient (Wildman–Crippen LogP) is 5.09. The molecule has 1 N–H and O–H groups in total. The quantitative estimate of drug-likeness (QED) is 0.377. The van der Waals surface area contributed by atoms with Gasteiger partial charge in [0, 0.05) is 17.6 Å². The van der Waals surface area contributed by atoms with Crippen molar-refractivity contribution in [3.8, 4) is 0 Å². The molecule has 7 nitrogen and oxygen atoms in total. The predicted molar refractivity (Wildman–Crippen MR) is 152 cm³/mol. The highest BCUT2D eigenvalue weighted by Gasteiger charge is 2.33. The number of hydrogen-bond acceptors (Lipinski definition) is 4. The maximum Gasteiger partial charge on any atom is 0.264 e. The lowest BCUT2D eigenvalue weighted by atomic mass is 10.1. The number of carbonyl (C=O) groups excluding carboxylic acids is 2. The van der Waals surface area contributed by atoms with E-state index >= 15 is 0 Å². The number of rotatable bonds is 10. The van der Waals surface area contributed by atoms with Gasteiger partial charge in [0.2, 0.25) is 11.8 Å². The number of hydrogen-bond donors (Lipinski definition) is 1. The van der Waals surface area contributed by atoms with Gasteiger partial charge in [0.1, 0.15) is 12.6 Å². The molecule has 0 aliphatic heterocycles. The number of nitrogens with zero attached hydrogens (tertiary/aromatic N) is 2. The van der Waals surface area contributed by atoms with Gasteiger partial charge in [0.05, 0.1) is 10.6 Å². The van der Waals surface area contributed by atoms with Crippen molar-refractivity contribution < 1.29 is 18.0 Å². The van der Waals surface area contributed by atoms with Crippen LogP contribution in [0.15, 0.2) is 77.7 Å². The highest BCUT2D eigenvalue weighted by Crippen LogP contribution is 2.27. The fourth-order valence-corrected chi connectivity index (χ4v) is 5.57. The Morgan fingerprint density at radius 3 is 2.08 bits per heavy atom. The van der Waals surface area contributed by atoms with Gasteiger partial charge in [0.15, 0.2) is 0 Å². The fraction of sp³-hybridized carbons (Fsp3) is 0.310. The van der Waals surface area contributed by atoms with Crippen LogP contribution in [-0.2, 0) is 26.2 Å². The van der Waals surface area contributed by atoms with Gasteiger partial charge in [-0.15, -0.1) is 0 Å². The third kappa shape index (κ3) is 7.14. The lowest BCUT2D eigenvalue weighted by Crippen LogP contribution is -2.52. The molecule has 0 heterocycles. The summed E-state index contributed by atoms with van der Waals surface area (Å²) < 4.78 is 28.8. The van der Waals surface area contributed by atoms with E-state index in [-0.39, 0.29) is 23.4 Å². The van der Waals surface area contributed by atoms with Crippen LogP contribution in [0.4, 0.5) is 5.69 Å². The Kier molecular flexibility index (Phi) is 9.57. The Balaban J connectivity index is 2.04. The first-order chi connectivity index (χ1) is 17.9. The summed E-state index contributed by atoms with van der Waals surface area (Å²) in [4.78, 5) is 28.3. The van der Waals surface area contributed by atoms with Crippen molar-refractivity contribution in [2.45, 2.75) is 58.1 Å². The van der Waals surface area contributed by atoms with Crippen molar-refractivity contribution in [3.05, 3.63) is 94.5 Å². The van der Waals surface area contributed by atoms with Crippen LogP contribution in [0.1, 0.15) is 37.5 Å². The van der Waals surface area contributed by atoms with E-state index in [1.165, 1.54) is 17.0 Å². The van der Waals surface area contributed by atoms with Crippen LogP contribution in [0.5, 0.6) is 0 Å². The van der Waals surface area contributed by atoms with Gasteiger partial charge >= 0.3 is 0 Å². The maximum atomic E-state index is 13.9. The van der Waals surface area contributed by atoms with E-state index in [9.17, 15) is 18.0 Å². The first-order valence-corrected chi connectivity index (χ1v) is 14.2. The maximum absolute atomic E-state index is 13.9. The van der Waals surface area contributed by atoms with Crippen LogP contribution in [0.25, 0.3) is 0 Å². The average molecular weight is 556 g/mol. The molecule has 38 heavy (non-hydrogen) atoms. The van der Waals surface area contributed by atoms with E-state index in [1.54, 1.807) is 68.4 Å². The third-order valence-electron chi connectivity index (χ3n) is 6.14. The molecule has 0 aliphatic carbocycles. The van der Waals surface area contributed by atoms with E-state index in [1.807, 2.05) is 26.8 Å². The molecule has 202 valence electrons. The molecule has 0 aliphatic rings. The summed E-state index contributed by atoms with van der Waals surface area (Å²) >= 11 is 6.03. The zero-order chi connectivity index (χ0) is 28.0. The molecule has 0 spiro atoms. The number of halogens is 1. The third-order valence-corrected chi connectivity index (χ3v) is 8.16. The van der Waals surface area contributed by atoms with Crippen LogP contribution in [-0.4, -0.2) is 43.8 Å². The molecular weight excluding hydrogens is 522 g/mol. The van der Waals surface area contributed by atoms with Crippen molar-refractivity contribution >= 4 is 39.1 Å². The van der Waals surface area contributed by atoms with Crippen LogP contribution in [0.3, 0.4) is 0 Å². The van der Waals surface area contributed by atoms with E-state index in [2.05, 4.69) is 5.32 Å². The van der Waals surface area contributed by atoms with Crippen LogP contribution in [0.2, 0.25) is 5.02 Å². The van der Waals surface area contributed by atoms with Gasteiger partial charge in [-0.05, 0) is 76.1 Å². The van der Waals surface area contributed by atoms with Gasteiger partial charge in [-0.25, -0.2) is 8.42 Å². The zero-order valence-corrected chi connectivity index (χ0v) is 23.9. The Morgan fingerprint density at radius 2 is 1.50 bits per heavy atom. The smallest absolute Gasteiger partial charge is 0.264 e. The second-order valence-corrected chi connectivity index (χ2v) is 11.9. The van der Waals surface area contributed by atoms with Gasteiger partial charge in [-0.3, -0.25) is 13.9 Å². The number of carbonyl (C=O) groups is 2. The number of anilines is 1. The SMILES string of the molecule is Cc1ccc(S(=O)(=O)N(CC(=O)N(Cc2ccc(Cl)cc2)[C@H](C)C(=O)NC(C)C)c2ccccc2C)cc1. The minimum Gasteiger partial charge on any atom is -0.352 e. The highest BCUT2D eigenvalue weighted by molar-refractivity contribution is 7.92. The minimum atomic E-state index is -4.10. The molecule has 0 saturated carbocycles. The van der Waals surface area contributed by atoms with Gasteiger partial charge in [-0.2, -0.15) is 0 Å². The molecule has 0 unspecified atom stereocenters. The molecular formula is C29H34ClN3O4S. The first-order valence-electron chi connectivity index (χ1n) is 12.4. The number of amides is 2.